The van der Waals surface area contributed by atoms with Gasteiger partial charge in [0.25, 0.3) is 0 Å². The van der Waals surface area contributed by atoms with Crippen LogP contribution in [0.3, 0.4) is 0 Å². The standard InChI is InChI=1S/C17H19ClFN/c1-3-17(15-9-4-5-10-16(15)19)20-12(2)13-7-6-8-14(18)11-13/h4-12,17,20H,3H2,1-2H3/t12-,17?/m1/s1. The molecule has 0 aliphatic rings. The molecule has 0 bridgehead atoms. The van der Waals surface area contributed by atoms with Gasteiger partial charge in [-0.2, -0.15) is 0 Å². The highest BCUT2D eigenvalue weighted by atomic mass is 35.5. The van der Waals surface area contributed by atoms with E-state index in [0.29, 0.717) is 5.56 Å². The Bertz CT molecular complexity index is 570. The number of hydrogen-bond donors (Lipinski definition) is 1. The summed E-state index contributed by atoms with van der Waals surface area (Å²) in [5.74, 6) is -0.162. The summed E-state index contributed by atoms with van der Waals surface area (Å²) in [4.78, 5) is 0. The van der Waals surface area contributed by atoms with Crippen molar-refractivity contribution in [1.29, 1.82) is 0 Å². The predicted octanol–water partition coefficient (Wildman–Crippen LogP) is 5.28. The van der Waals surface area contributed by atoms with Crippen LogP contribution in [-0.2, 0) is 0 Å². The number of rotatable bonds is 5. The van der Waals surface area contributed by atoms with Gasteiger partial charge in [-0.15, -0.1) is 0 Å². The topological polar surface area (TPSA) is 12.0 Å². The van der Waals surface area contributed by atoms with E-state index in [1.165, 1.54) is 6.07 Å². The molecule has 2 aromatic rings. The van der Waals surface area contributed by atoms with Crippen LogP contribution in [0.15, 0.2) is 48.5 Å². The molecule has 1 N–H and O–H groups in total. The summed E-state index contributed by atoms with van der Waals surface area (Å²) < 4.78 is 13.9. The molecule has 0 saturated heterocycles. The van der Waals surface area contributed by atoms with Crippen LogP contribution in [0.2, 0.25) is 5.02 Å². The largest absolute Gasteiger partial charge is 0.303 e. The van der Waals surface area contributed by atoms with E-state index in [4.69, 9.17) is 11.6 Å². The minimum atomic E-state index is -0.162. The molecular weight excluding hydrogens is 273 g/mol. The van der Waals surface area contributed by atoms with Crippen molar-refractivity contribution < 1.29 is 4.39 Å². The Morgan fingerprint density at radius 2 is 1.90 bits per heavy atom. The number of halogens is 2. The third kappa shape index (κ3) is 3.59. The van der Waals surface area contributed by atoms with Crippen molar-refractivity contribution in [2.24, 2.45) is 0 Å². The molecule has 0 aliphatic heterocycles. The van der Waals surface area contributed by atoms with Gasteiger partial charge in [-0.05, 0) is 37.1 Å². The first-order valence-corrected chi connectivity index (χ1v) is 7.25. The molecule has 0 spiro atoms. The van der Waals surface area contributed by atoms with Gasteiger partial charge in [-0.25, -0.2) is 4.39 Å². The molecule has 20 heavy (non-hydrogen) atoms. The molecule has 3 heteroatoms. The zero-order chi connectivity index (χ0) is 14.5. The summed E-state index contributed by atoms with van der Waals surface area (Å²) in [5, 5.41) is 4.19. The molecular formula is C17H19ClFN. The Morgan fingerprint density at radius 3 is 2.55 bits per heavy atom. The summed E-state index contributed by atoms with van der Waals surface area (Å²) in [6.07, 6.45) is 0.825. The van der Waals surface area contributed by atoms with Gasteiger partial charge in [0.15, 0.2) is 0 Å². The second-order valence-corrected chi connectivity index (χ2v) is 5.36. The Labute approximate surface area is 124 Å². The van der Waals surface area contributed by atoms with E-state index >= 15 is 0 Å². The van der Waals surface area contributed by atoms with E-state index in [-0.39, 0.29) is 17.9 Å². The van der Waals surface area contributed by atoms with E-state index in [0.717, 1.165) is 17.0 Å². The molecule has 0 heterocycles. The first-order valence-electron chi connectivity index (χ1n) is 6.87. The van der Waals surface area contributed by atoms with Gasteiger partial charge in [-0.3, -0.25) is 0 Å². The average molecular weight is 292 g/mol. The number of hydrogen-bond acceptors (Lipinski definition) is 1. The molecule has 1 unspecified atom stereocenters. The minimum absolute atomic E-state index is 0.00909. The molecule has 0 fully saturated rings. The van der Waals surface area contributed by atoms with Gasteiger partial charge >= 0.3 is 0 Å². The quantitative estimate of drug-likeness (QED) is 0.790. The normalized spacial score (nSPS) is 14.0. The lowest BCUT2D eigenvalue weighted by molar-refractivity contribution is 0.439. The Kier molecular flexibility index (Phi) is 5.16. The van der Waals surface area contributed by atoms with E-state index in [2.05, 4.69) is 19.2 Å². The first kappa shape index (κ1) is 15.0. The van der Waals surface area contributed by atoms with Crippen LogP contribution < -0.4 is 5.32 Å². The maximum Gasteiger partial charge on any atom is 0.127 e. The van der Waals surface area contributed by atoms with Crippen molar-refractivity contribution in [3.8, 4) is 0 Å². The van der Waals surface area contributed by atoms with Crippen molar-refractivity contribution in [2.45, 2.75) is 32.4 Å². The second-order valence-electron chi connectivity index (χ2n) is 4.93. The van der Waals surface area contributed by atoms with Crippen LogP contribution in [0.1, 0.15) is 43.5 Å². The van der Waals surface area contributed by atoms with Gasteiger partial charge in [-0.1, -0.05) is 48.9 Å². The summed E-state index contributed by atoms with van der Waals surface area (Å²) >= 11 is 6.01. The van der Waals surface area contributed by atoms with E-state index in [1.807, 2.05) is 36.4 Å². The third-order valence-electron chi connectivity index (χ3n) is 3.49. The molecule has 0 radical (unpaired) electrons. The highest BCUT2D eigenvalue weighted by molar-refractivity contribution is 6.30. The first-order chi connectivity index (χ1) is 9.61. The fraction of sp³-hybridized carbons (Fsp3) is 0.294. The molecule has 0 aliphatic carbocycles. The van der Waals surface area contributed by atoms with Crippen LogP contribution in [0.25, 0.3) is 0 Å². The number of benzene rings is 2. The average Bonchev–Trinajstić information content (AvgIpc) is 2.45. The summed E-state index contributed by atoms with van der Waals surface area (Å²) in [5.41, 5.74) is 1.82. The van der Waals surface area contributed by atoms with Crippen molar-refractivity contribution >= 4 is 11.6 Å². The summed E-state index contributed by atoms with van der Waals surface area (Å²) in [6, 6.07) is 14.8. The zero-order valence-electron chi connectivity index (χ0n) is 11.7. The smallest absolute Gasteiger partial charge is 0.127 e. The van der Waals surface area contributed by atoms with E-state index in [9.17, 15) is 4.39 Å². The van der Waals surface area contributed by atoms with Crippen molar-refractivity contribution in [2.75, 3.05) is 0 Å². The lowest BCUT2D eigenvalue weighted by Crippen LogP contribution is -2.25. The highest BCUT2D eigenvalue weighted by Gasteiger charge is 2.16. The molecule has 2 rings (SSSR count). The zero-order valence-corrected chi connectivity index (χ0v) is 12.5. The Hall–Kier alpha value is -1.38. The van der Waals surface area contributed by atoms with Crippen LogP contribution in [0.4, 0.5) is 4.39 Å². The molecule has 2 aromatic carbocycles. The van der Waals surface area contributed by atoms with Crippen LogP contribution in [-0.4, -0.2) is 0 Å². The maximum atomic E-state index is 13.9. The fourth-order valence-electron chi connectivity index (χ4n) is 2.36. The van der Waals surface area contributed by atoms with Crippen LogP contribution in [0, 0.1) is 5.82 Å². The summed E-state index contributed by atoms with van der Waals surface area (Å²) in [7, 11) is 0. The maximum absolute atomic E-state index is 13.9. The van der Waals surface area contributed by atoms with Gasteiger partial charge in [0.05, 0.1) is 0 Å². The summed E-state index contributed by atoms with van der Waals surface area (Å²) in [6.45, 7) is 4.12. The van der Waals surface area contributed by atoms with E-state index < -0.39 is 0 Å². The van der Waals surface area contributed by atoms with E-state index in [1.54, 1.807) is 6.07 Å². The third-order valence-corrected chi connectivity index (χ3v) is 3.72. The van der Waals surface area contributed by atoms with Gasteiger partial charge in [0, 0.05) is 22.7 Å². The van der Waals surface area contributed by atoms with Crippen molar-refractivity contribution in [3.05, 3.63) is 70.5 Å². The number of nitrogens with one attached hydrogen (secondary N) is 1. The Balaban J connectivity index is 2.16. The molecule has 0 aromatic heterocycles. The molecule has 106 valence electrons. The second kappa shape index (κ2) is 6.87. The molecule has 1 nitrogen and oxygen atoms in total. The monoisotopic (exact) mass is 291 g/mol. The van der Waals surface area contributed by atoms with Crippen molar-refractivity contribution in [3.63, 3.8) is 0 Å². The van der Waals surface area contributed by atoms with Gasteiger partial charge in [0.2, 0.25) is 0 Å². The van der Waals surface area contributed by atoms with Crippen LogP contribution >= 0.6 is 11.6 Å². The fourth-order valence-corrected chi connectivity index (χ4v) is 2.56. The predicted molar refractivity (Wildman–Crippen MR) is 82.4 cm³/mol. The molecule has 0 amide bonds. The minimum Gasteiger partial charge on any atom is -0.303 e. The van der Waals surface area contributed by atoms with Gasteiger partial charge < -0.3 is 5.32 Å². The SMILES string of the molecule is CCC(N[C@H](C)c1cccc(Cl)c1)c1ccccc1F. The lowest BCUT2D eigenvalue weighted by atomic mass is 10.0. The molecule has 2 atom stereocenters. The molecule has 0 saturated carbocycles. The van der Waals surface area contributed by atoms with Crippen molar-refractivity contribution in [1.82, 2.24) is 5.32 Å². The Morgan fingerprint density at radius 1 is 1.15 bits per heavy atom. The highest BCUT2D eigenvalue weighted by Crippen LogP contribution is 2.25. The van der Waals surface area contributed by atoms with Crippen LogP contribution in [0.5, 0.6) is 0 Å². The van der Waals surface area contributed by atoms with Gasteiger partial charge in [0.1, 0.15) is 5.82 Å². The lowest BCUT2D eigenvalue weighted by Gasteiger charge is -2.23.